The van der Waals surface area contributed by atoms with Crippen molar-refractivity contribution in [2.45, 2.75) is 43.6 Å². The molecule has 5 rings (SSSR count). The Labute approximate surface area is 150 Å². The fraction of sp³-hybridized carbons (Fsp3) is 0.550. The summed E-state index contributed by atoms with van der Waals surface area (Å²) in [7, 11) is 0. The van der Waals surface area contributed by atoms with Crippen LogP contribution in [0, 0.1) is 5.41 Å². The first kappa shape index (κ1) is 16.4. The van der Waals surface area contributed by atoms with E-state index in [1.807, 2.05) is 4.68 Å². The zero-order chi connectivity index (χ0) is 17.9. The van der Waals surface area contributed by atoms with E-state index >= 15 is 0 Å². The Bertz CT molecular complexity index is 829. The molecule has 0 amide bonds. The monoisotopic (exact) mass is 361 g/mol. The molecule has 0 unspecified atom stereocenters. The topological polar surface area (TPSA) is 29.9 Å². The fourth-order valence-corrected chi connectivity index (χ4v) is 4.47. The van der Waals surface area contributed by atoms with Gasteiger partial charge in [0.25, 0.3) is 0 Å². The second-order valence-corrected chi connectivity index (χ2v) is 8.24. The van der Waals surface area contributed by atoms with Crippen LogP contribution in [0.1, 0.15) is 48.8 Å². The Morgan fingerprint density at radius 3 is 2.54 bits per heavy atom. The van der Waals surface area contributed by atoms with Crippen LogP contribution in [0.25, 0.3) is 11.3 Å². The Balaban J connectivity index is 1.53. The first-order chi connectivity index (χ1) is 12.5. The highest BCUT2D eigenvalue weighted by Gasteiger charge is 2.49. The zero-order valence-corrected chi connectivity index (χ0v) is 14.5. The van der Waals surface area contributed by atoms with E-state index in [-0.39, 0.29) is 5.56 Å². The molecular weight excluding hydrogens is 339 g/mol. The van der Waals surface area contributed by atoms with E-state index in [2.05, 4.69) is 11.5 Å². The molecule has 1 saturated heterocycles. The average Bonchev–Trinajstić information content (AvgIpc) is 3.32. The molecule has 3 aliphatic rings. The molecule has 0 bridgehead atoms. The summed E-state index contributed by atoms with van der Waals surface area (Å²) in [5, 5.41) is 8.07. The normalized spacial score (nSPS) is 22.3. The van der Waals surface area contributed by atoms with Gasteiger partial charge in [-0.15, -0.1) is 0 Å². The quantitative estimate of drug-likeness (QED) is 0.855. The fourth-order valence-electron chi connectivity index (χ4n) is 4.47. The summed E-state index contributed by atoms with van der Waals surface area (Å²) < 4.78 is 43.3. The molecule has 1 aromatic heterocycles. The van der Waals surface area contributed by atoms with E-state index in [9.17, 15) is 13.2 Å². The van der Waals surface area contributed by atoms with Gasteiger partial charge in [-0.3, -0.25) is 4.68 Å². The second kappa shape index (κ2) is 5.59. The molecular formula is C20H22F3N3. The molecule has 1 spiro atoms. The van der Waals surface area contributed by atoms with Crippen LogP contribution in [-0.4, -0.2) is 29.5 Å². The number of nitrogens with one attached hydrogen (secondary N) is 1. The minimum Gasteiger partial charge on any atom is -0.316 e. The number of hydrogen-bond acceptors (Lipinski definition) is 2. The maximum atomic E-state index is 14.2. The average molecular weight is 361 g/mol. The summed E-state index contributed by atoms with van der Waals surface area (Å²) in [4.78, 5) is 0. The maximum Gasteiger partial charge on any atom is 0.301 e. The van der Waals surface area contributed by atoms with Crippen molar-refractivity contribution in [1.82, 2.24) is 15.1 Å². The molecule has 2 aliphatic carbocycles. The highest BCUT2D eigenvalue weighted by Crippen LogP contribution is 2.52. The van der Waals surface area contributed by atoms with Crippen LogP contribution in [0.5, 0.6) is 0 Å². The molecule has 6 heteroatoms. The Hall–Kier alpha value is -1.82. The van der Waals surface area contributed by atoms with Crippen molar-refractivity contribution < 1.29 is 13.2 Å². The van der Waals surface area contributed by atoms with Gasteiger partial charge in [0.05, 0.1) is 11.7 Å². The molecule has 2 saturated carbocycles. The summed E-state index contributed by atoms with van der Waals surface area (Å²) in [5.74, 6) is -3.09. The summed E-state index contributed by atoms with van der Waals surface area (Å²) in [6.07, 6.45) is 6.37. The van der Waals surface area contributed by atoms with Crippen LogP contribution in [0.2, 0.25) is 0 Å². The summed E-state index contributed by atoms with van der Waals surface area (Å²) >= 11 is 0. The van der Waals surface area contributed by atoms with Gasteiger partial charge in [0.15, 0.2) is 6.67 Å². The van der Waals surface area contributed by atoms with Crippen LogP contribution >= 0.6 is 0 Å². The first-order valence-electron chi connectivity index (χ1n) is 9.35. The van der Waals surface area contributed by atoms with Crippen molar-refractivity contribution >= 4 is 0 Å². The Kier molecular flexibility index (Phi) is 3.52. The van der Waals surface area contributed by atoms with Crippen molar-refractivity contribution in [2.24, 2.45) is 5.41 Å². The molecule has 2 heterocycles. The SMILES string of the molecule is FCC(F)(F)c1ccccc1-c1nn(C2CC3(CNC3)C2)cc1C1CC1. The maximum absolute atomic E-state index is 14.2. The van der Waals surface area contributed by atoms with Crippen LogP contribution in [0.3, 0.4) is 0 Å². The molecule has 3 fully saturated rings. The van der Waals surface area contributed by atoms with Crippen molar-refractivity contribution in [3.63, 3.8) is 0 Å². The lowest BCUT2D eigenvalue weighted by Gasteiger charge is -2.54. The summed E-state index contributed by atoms with van der Waals surface area (Å²) in [5.41, 5.74) is 2.19. The number of hydrogen-bond donors (Lipinski definition) is 1. The second-order valence-electron chi connectivity index (χ2n) is 8.24. The third-order valence-corrected chi connectivity index (χ3v) is 6.23. The van der Waals surface area contributed by atoms with Crippen molar-refractivity contribution in [1.29, 1.82) is 0 Å². The molecule has 3 nitrogen and oxygen atoms in total. The number of aromatic nitrogens is 2. The third kappa shape index (κ3) is 2.49. The number of nitrogens with zero attached hydrogens (tertiary/aromatic N) is 2. The van der Waals surface area contributed by atoms with Crippen molar-refractivity contribution in [3.05, 3.63) is 41.6 Å². The van der Waals surface area contributed by atoms with E-state index < -0.39 is 12.6 Å². The van der Waals surface area contributed by atoms with Gasteiger partial charge in [-0.25, -0.2) is 4.39 Å². The van der Waals surface area contributed by atoms with E-state index in [0.717, 1.165) is 44.3 Å². The lowest BCUT2D eigenvalue weighted by molar-refractivity contribution is -0.0275. The molecule has 2 aromatic rings. The van der Waals surface area contributed by atoms with E-state index in [0.29, 0.717) is 28.6 Å². The standard InChI is InChI=1S/C20H22F3N3/c21-10-20(22,23)17-4-2-1-3-15(17)18-16(13-5-6-13)9-26(25-18)14-7-19(8-14)11-24-12-19/h1-4,9,13-14,24H,5-8,10-12H2. The number of benzene rings is 1. The molecule has 26 heavy (non-hydrogen) atoms. The minimum atomic E-state index is -3.49. The zero-order valence-electron chi connectivity index (χ0n) is 14.5. The third-order valence-electron chi connectivity index (χ3n) is 6.23. The minimum absolute atomic E-state index is 0.261. The van der Waals surface area contributed by atoms with Crippen LogP contribution in [0.15, 0.2) is 30.5 Å². The van der Waals surface area contributed by atoms with E-state index in [1.165, 1.54) is 12.1 Å². The lowest BCUT2D eigenvalue weighted by Crippen LogP contribution is -2.60. The largest absolute Gasteiger partial charge is 0.316 e. The van der Waals surface area contributed by atoms with Crippen LogP contribution in [-0.2, 0) is 5.92 Å². The van der Waals surface area contributed by atoms with Crippen molar-refractivity contribution in [2.75, 3.05) is 19.8 Å². The Morgan fingerprint density at radius 1 is 1.19 bits per heavy atom. The van der Waals surface area contributed by atoms with Gasteiger partial charge in [-0.1, -0.05) is 24.3 Å². The van der Waals surface area contributed by atoms with Gasteiger partial charge in [0.2, 0.25) is 0 Å². The van der Waals surface area contributed by atoms with Gasteiger partial charge >= 0.3 is 5.92 Å². The van der Waals surface area contributed by atoms with Crippen LogP contribution in [0.4, 0.5) is 13.2 Å². The van der Waals surface area contributed by atoms with Crippen LogP contribution < -0.4 is 5.32 Å². The Morgan fingerprint density at radius 2 is 1.92 bits per heavy atom. The van der Waals surface area contributed by atoms with Gasteiger partial charge in [0.1, 0.15) is 0 Å². The first-order valence-corrected chi connectivity index (χ1v) is 9.35. The molecule has 0 radical (unpaired) electrons. The summed E-state index contributed by atoms with van der Waals surface area (Å²) in [6.45, 7) is 0.443. The molecule has 1 aromatic carbocycles. The van der Waals surface area contributed by atoms with E-state index in [1.54, 1.807) is 12.1 Å². The molecule has 1 aliphatic heterocycles. The molecule has 0 atom stereocenters. The highest BCUT2D eigenvalue weighted by atomic mass is 19.3. The lowest BCUT2D eigenvalue weighted by atomic mass is 9.62. The molecule has 138 valence electrons. The van der Waals surface area contributed by atoms with E-state index in [4.69, 9.17) is 5.10 Å². The number of halogens is 3. The van der Waals surface area contributed by atoms with Crippen molar-refractivity contribution in [3.8, 4) is 11.3 Å². The predicted octanol–water partition coefficient (Wildman–Crippen LogP) is 4.41. The smallest absolute Gasteiger partial charge is 0.301 e. The van der Waals surface area contributed by atoms with Gasteiger partial charge in [-0.05, 0) is 37.0 Å². The van der Waals surface area contributed by atoms with Gasteiger partial charge in [0, 0.05) is 36.0 Å². The highest BCUT2D eigenvalue weighted by molar-refractivity contribution is 5.69. The summed E-state index contributed by atoms with van der Waals surface area (Å²) in [6, 6.07) is 6.58. The van der Waals surface area contributed by atoms with Gasteiger partial charge in [-0.2, -0.15) is 13.9 Å². The van der Waals surface area contributed by atoms with Gasteiger partial charge < -0.3 is 5.32 Å². The predicted molar refractivity (Wildman–Crippen MR) is 93.1 cm³/mol. The number of alkyl halides is 3. The molecule has 1 N–H and O–H groups in total. The number of rotatable bonds is 5.